The fourth-order valence-electron chi connectivity index (χ4n) is 1.72. The van der Waals surface area contributed by atoms with Gasteiger partial charge >= 0.3 is 0 Å². The van der Waals surface area contributed by atoms with Crippen LogP contribution in [0.4, 0.5) is 0 Å². The van der Waals surface area contributed by atoms with E-state index in [-0.39, 0.29) is 4.90 Å². The molecule has 0 atom stereocenters. The monoisotopic (exact) mass is 292 g/mol. The maximum Gasteiger partial charge on any atom is 0.223 e. The van der Waals surface area contributed by atoms with E-state index in [0.717, 1.165) is 5.56 Å². The van der Waals surface area contributed by atoms with Crippen molar-refractivity contribution in [1.29, 1.82) is 0 Å². The average molecular weight is 292 g/mol. The average Bonchev–Trinajstić information content (AvgIpc) is 2.41. The molecule has 1 heterocycles. The van der Waals surface area contributed by atoms with Crippen molar-refractivity contribution in [3.63, 3.8) is 0 Å². The van der Waals surface area contributed by atoms with Crippen LogP contribution in [-0.4, -0.2) is 26.7 Å². The first kappa shape index (κ1) is 14.5. The standard InChI is InChI=1S/C14H16N2O3S/c1-15-10-11-5-4-8-16-14(11)19-12-6-3-7-13(9-12)20(2,17)18/h3-9,15H,10H2,1-2H3. The highest BCUT2D eigenvalue weighted by Crippen LogP contribution is 2.25. The summed E-state index contributed by atoms with van der Waals surface area (Å²) in [5, 5.41) is 3.03. The van der Waals surface area contributed by atoms with Gasteiger partial charge in [-0.15, -0.1) is 0 Å². The Labute approximate surface area is 118 Å². The van der Waals surface area contributed by atoms with E-state index in [9.17, 15) is 8.42 Å². The summed E-state index contributed by atoms with van der Waals surface area (Å²) in [5.41, 5.74) is 0.903. The van der Waals surface area contributed by atoms with Crippen LogP contribution in [0.15, 0.2) is 47.5 Å². The van der Waals surface area contributed by atoms with Crippen LogP contribution in [0.5, 0.6) is 11.6 Å². The van der Waals surface area contributed by atoms with E-state index >= 15 is 0 Å². The molecule has 0 aliphatic carbocycles. The van der Waals surface area contributed by atoms with E-state index in [1.54, 1.807) is 18.3 Å². The van der Waals surface area contributed by atoms with Crippen molar-refractivity contribution in [2.45, 2.75) is 11.4 Å². The van der Waals surface area contributed by atoms with Crippen LogP contribution in [0, 0.1) is 0 Å². The van der Waals surface area contributed by atoms with Gasteiger partial charge in [-0.05, 0) is 31.3 Å². The van der Waals surface area contributed by atoms with E-state index < -0.39 is 9.84 Å². The highest BCUT2D eigenvalue weighted by atomic mass is 32.2. The molecule has 0 saturated carbocycles. The Morgan fingerprint density at radius 3 is 2.75 bits per heavy atom. The molecule has 0 amide bonds. The molecule has 2 aromatic rings. The van der Waals surface area contributed by atoms with Gasteiger partial charge in [-0.2, -0.15) is 0 Å². The molecule has 0 bridgehead atoms. The van der Waals surface area contributed by atoms with E-state index in [1.165, 1.54) is 18.4 Å². The van der Waals surface area contributed by atoms with Crippen molar-refractivity contribution in [1.82, 2.24) is 10.3 Å². The Morgan fingerprint density at radius 1 is 1.25 bits per heavy atom. The molecular weight excluding hydrogens is 276 g/mol. The summed E-state index contributed by atoms with van der Waals surface area (Å²) in [6.07, 6.45) is 2.80. The van der Waals surface area contributed by atoms with Crippen molar-refractivity contribution in [2.24, 2.45) is 0 Å². The number of nitrogens with one attached hydrogen (secondary N) is 1. The number of hydrogen-bond acceptors (Lipinski definition) is 5. The Bertz CT molecular complexity index is 699. The minimum Gasteiger partial charge on any atom is -0.439 e. The molecule has 5 nitrogen and oxygen atoms in total. The smallest absolute Gasteiger partial charge is 0.223 e. The third-order valence-corrected chi connectivity index (χ3v) is 3.78. The van der Waals surface area contributed by atoms with Crippen LogP contribution in [-0.2, 0) is 16.4 Å². The summed E-state index contributed by atoms with van der Waals surface area (Å²) in [5.74, 6) is 0.913. The first-order chi connectivity index (χ1) is 9.50. The van der Waals surface area contributed by atoms with Gasteiger partial charge in [0.15, 0.2) is 9.84 Å². The minimum atomic E-state index is -3.25. The van der Waals surface area contributed by atoms with Crippen LogP contribution in [0.3, 0.4) is 0 Å². The van der Waals surface area contributed by atoms with Gasteiger partial charge in [-0.1, -0.05) is 12.1 Å². The van der Waals surface area contributed by atoms with E-state index in [4.69, 9.17) is 4.74 Å². The lowest BCUT2D eigenvalue weighted by atomic mass is 10.2. The van der Waals surface area contributed by atoms with Gasteiger partial charge in [0.25, 0.3) is 0 Å². The summed E-state index contributed by atoms with van der Waals surface area (Å²) >= 11 is 0. The maximum absolute atomic E-state index is 11.5. The third kappa shape index (κ3) is 3.55. The van der Waals surface area contributed by atoms with Crippen molar-refractivity contribution in [2.75, 3.05) is 13.3 Å². The summed E-state index contributed by atoms with van der Waals surface area (Å²) in [6, 6.07) is 10.1. The highest BCUT2D eigenvalue weighted by molar-refractivity contribution is 7.90. The summed E-state index contributed by atoms with van der Waals surface area (Å²) in [6.45, 7) is 0.620. The molecule has 0 spiro atoms. The molecule has 106 valence electrons. The predicted molar refractivity (Wildman–Crippen MR) is 76.6 cm³/mol. The molecule has 1 aromatic carbocycles. The number of rotatable bonds is 5. The van der Waals surface area contributed by atoms with Crippen molar-refractivity contribution >= 4 is 9.84 Å². The molecule has 1 aromatic heterocycles. The zero-order chi connectivity index (χ0) is 14.6. The molecule has 0 unspecified atom stereocenters. The van der Waals surface area contributed by atoms with Crippen molar-refractivity contribution < 1.29 is 13.2 Å². The van der Waals surface area contributed by atoms with Crippen LogP contribution in [0.2, 0.25) is 0 Å². The molecule has 0 fully saturated rings. The molecule has 2 rings (SSSR count). The molecule has 0 radical (unpaired) electrons. The number of benzene rings is 1. The van der Waals surface area contributed by atoms with Crippen LogP contribution in [0.1, 0.15) is 5.56 Å². The van der Waals surface area contributed by atoms with Gasteiger partial charge in [0.2, 0.25) is 5.88 Å². The number of ether oxygens (including phenoxy) is 1. The molecule has 0 saturated heterocycles. The topological polar surface area (TPSA) is 68.3 Å². The molecule has 20 heavy (non-hydrogen) atoms. The fourth-order valence-corrected chi connectivity index (χ4v) is 2.38. The van der Waals surface area contributed by atoms with Crippen LogP contribution in [0.25, 0.3) is 0 Å². The number of sulfone groups is 1. The van der Waals surface area contributed by atoms with E-state index in [0.29, 0.717) is 18.2 Å². The summed E-state index contributed by atoms with van der Waals surface area (Å²) < 4.78 is 28.7. The Morgan fingerprint density at radius 2 is 2.05 bits per heavy atom. The Hall–Kier alpha value is -1.92. The Balaban J connectivity index is 2.31. The van der Waals surface area contributed by atoms with Crippen LogP contribution >= 0.6 is 0 Å². The number of hydrogen-bond donors (Lipinski definition) is 1. The zero-order valence-electron chi connectivity index (χ0n) is 11.3. The molecule has 6 heteroatoms. The maximum atomic E-state index is 11.5. The van der Waals surface area contributed by atoms with E-state index in [2.05, 4.69) is 10.3 Å². The quantitative estimate of drug-likeness (QED) is 0.913. The van der Waals surface area contributed by atoms with Crippen molar-refractivity contribution in [3.05, 3.63) is 48.2 Å². The highest BCUT2D eigenvalue weighted by Gasteiger charge is 2.10. The second kappa shape index (κ2) is 6.02. The third-order valence-electron chi connectivity index (χ3n) is 2.67. The van der Waals surface area contributed by atoms with E-state index in [1.807, 2.05) is 19.2 Å². The van der Waals surface area contributed by atoms with Gasteiger partial charge in [-0.3, -0.25) is 0 Å². The number of aromatic nitrogens is 1. The normalized spacial score (nSPS) is 11.3. The largest absolute Gasteiger partial charge is 0.439 e. The number of nitrogens with zero attached hydrogens (tertiary/aromatic N) is 1. The first-order valence-corrected chi connectivity index (χ1v) is 7.96. The lowest BCUT2D eigenvalue weighted by molar-refractivity contribution is 0.453. The van der Waals surface area contributed by atoms with Crippen LogP contribution < -0.4 is 10.1 Å². The van der Waals surface area contributed by atoms with Gasteiger partial charge in [0, 0.05) is 24.6 Å². The zero-order valence-corrected chi connectivity index (χ0v) is 12.1. The number of pyridine rings is 1. The van der Waals surface area contributed by atoms with Crippen molar-refractivity contribution in [3.8, 4) is 11.6 Å². The molecular formula is C14H16N2O3S. The molecule has 1 N–H and O–H groups in total. The SMILES string of the molecule is CNCc1cccnc1Oc1cccc(S(C)(=O)=O)c1. The second-order valence-electron chi connectivity index (χ2n) is 4.35. The first-order valence-electron chi connectivity index (χ1n) is 6.07. The summed E-state index contributed by atoms with van der Waals surface area (Å²) in [7, 11) is -1.42. The lowest BCUT2D eigenvalue weighted by Gasteiger charge is -2.10. The minimum absolute atomic E-state index is 0.223. The molecule has 0 aliphatic heterocycles. The second-order valence-corrected chi connectivity index (χ2v) is 6.36. The van der Waals surface area contributed by atoms with Gasteiger partial charge in [0.05, 0.1) is 4.90 Å². The Kier molecular flexibility index (Phi) is 4.36. The fraction of sp³-hybridized carbons (Fsp3) is 0.214. The van der Waals surface area contributed by atoms with Gasteiger partial charge in [0.1, 0.15) is 5.75 Å². The molecule has 0 aliphatic rings. The lowest BCUT2D eigenvalue weighted by Crippen LogP contribution is -2.07. The van der Waals surface area contributed by atoms with Gasteiger partial charge < -0.3 is 10.1 Å². The predicted octanol–water partition coefficient (Wildman–Crippen LogP) is 2.00. The summed E-state index contributed by atoms with van der Waals surface area (Å²) in [4.78, 5) is 4.40. The van der Waals surface area contributed by atoms with Gasteiger partial charge in [-0.25, -0.2) is 13.4 Å².